The quantitative estimate of drug-likeness (QED) is 0.368. The van der Waals surface area contributed by atoms with E-state index in [0.29, 0.717) is 16.9 Å². The standard InChI is InChI=1S/C19H15NO4/c1-12-3-8-17(13(2)9-12)18-11-15(19(21)24-18)10-14-4-6-16(7-5-14)20(22)23/h3-11H,1-2H3. The van der Waals surface area contributed by atoms with Gasteiger partial charge in [-0.1, -0.05) is 23.8 Å². The van der Waals surface area contributed by atoms with Gasteiger partial charge in [-0.2, -0.15) is 0 Å². The molecule has 0 aromatic heterocycles. The lowest BCUT2D eigenvalue weighted by atomic mass is 10.0. The second-order valence-electron chi connectivity index (χ2n) is 5.66. The van der Waals surface area contributed by atoms with E-state index in [0.717, 1.165) is 16.7 Å². The number of ether oxygens (including phenoxy) is 1. The molecule has 0 radical (unpaired) electrons. The van der Waals surface area contributed by atoms with Crippen molar-refractivity contribution in [3.63, 3.8) is 0 Å². The smallest absolute Gasteiger partial charge is 0.343 e. The Labute approximate surface area is 139 Å². The van der Waals surface area contributed by atoms with Crippen LogP contribution in [-0.4, -0.2) is 10.9 Å². The minimum Gasteiger partial charge on any atom is -0.422 e. The second kappa shape index (κ2) is 6.12. The molecule has 1 heterocycles. The van der Waals surface area contributed by atoms with Crippen LogP contribution in [0, 0.1) is 24.0 Å². The van der Waals surface area contributed by atoms with Gasteiger partial charge in [-0.3, -0.25) is 10.1 Å². The van der Waals surface area contributed by atoms with Gasteiger partial charge >= 0.3 is 5.97 Å². The molecule has 0 N–H and O–H groups in total. The van der Waals surface area contributed by atoms with Crippen molar-refractivity contribution < 1.29 is 14.5 Å². The molecule has 0 atom stereocenters. The molecule has 1 aliphatic heterocycles. The number of nitro benzene ring substituents is 1. The third-order valence-electron chi connectivity index (χ3n) is 3.80. The predicted molar refractivity (Wildman–Crippen MR) is 91.1 cm³/mol. The summed E-state index contributed by atoms with van der Waals surface area (Å²) in [7, 11) is 0. The zero-order chi connectivity index (χ0) is 17.3. The van der Waals surface area contributed by atoms with Crippen LogP contribution in [0.2, 0.25) is 0 Å². The molecule has 0 saturated heterocycles. The number of carbonyl (C=O) groups is 1. The summed E-state index contributed by atoms with van der Waals surface area (Å²) in [5.41, 5.74) is 4.18. The lowest BCUT2D eigenvalue weighted by Crippen LogP contribution is -1.98. The number of hydrogen-bond acceptors (Lipinski definition) is 4. The van der Waals surface area contributed by atoms with Crippen molar-refractivity contribution in [2.45, 2.75) is 13.8 Å². The third-order valence-corrected chi connectivity index (χ3v) is 3.80. The highest BCUT2D eigenvalue weighted by Gasteiger charge is 2.23. The lowest BCUT2D eigenvalue weighted by molar-refractivity contribution is -0.384. The van der Waals surface area contributed by atoms with Gasteiger partial charge in [0.2, 0.25) is 0 Å². The predicted octanol–water partition coefficient (Wildman–Crippen LogP) is 4.19. The summed E-state index contributed by atoms with van der Waals surface area (Å²) in [6, 6.07) is 11.9. The third kappa shape index (κ3) is 3.10. The van der Waals surface area contributed by atoms with Gasteiger partial charge in [-0.15, -0.1) is 0 Å². The fraction of sp³-hybridized carbons (Fsp3) is 0.105. The first kappa shape index (κ1) is 15.7. The van der Waals surface area contributed by atoms with E-state index in [4.69, 9.17) is 4.74 Å². The van der Waals surface area contributed by atoms with Gasteiger partial charge < -0.3 is 4.74 Å². The van der Waals surface area contributed by atoms with Gasteiger partial charge in [0.25, 0.3) is 5.69 Å². The van der Waals surface area contributed by atoms with Crippen LogP contribution in [0.3, 0.4) is 0 Å². The summed E-state index contributed by atoms with van der Waals surface area (Å²) >= 11 is 0. The maximum absolute atomic E-state index is 12.1. The number of nitro groups is 1. The first-order chi connectivity index (χ1) is 11.4. The molecule has 0 fully saturated rings. The molecule has 0 aliphatic carbocycles. The molecular formula is C19H15NO4. The van der Waals surface area contributed by atoms with Gasteiger partial charge in [0.05, 0.1) is 10.5 Å². The number of aryl methyl sites for hydroxylation is 2. The molecule has 0 saturated carbocycles. The number of nitrogens with zero attached hydrogens (tertiary/aromatic N) is 1. The van der Waals surface area contributed by atoms with Crippen LogP contribution in [-0.2, 0) is 9.53 Å². The zero-order valence-corrected chi connectivity index (χ0v) is 13.3. The Morgan fingerprint density at radius 2 is 1.79 bits per heavy atom. The minimum absolute atomic E-state index is 0.0117. The minimum atomic E-state index is -0.459. The fourth-order valence-corrected chi connectivity index (χ4v) is 2.58. The van der Waals surface area contributed by atoms with E-state index in [-0.39, 0.29) is 5.69 Å². The lowest BCUT2D eigenvalue weighted by Gasteiger charge is -2.06. The monoisotopic (exact) mass is 321 g/mol. The van der Waals surface area contributed by atoms with Crippen LogP contribution in [0.15, 0.2) is 54.1 Å². The summed E-state index contributed by atoms with van der Waals surface area (Å²) < 4.78 is 5.36. The summed E-state index contributed by atoms with van der Waals surface area (Å²) in [4.78, 5) is 22.3. The Balaban J connectivity index is 1.92. The summed E-state index contributed by atoms with van der Waals surface area (Å²) in [6.07, 6.45) is 3.35. The first-order valence-corrected chi connectivity index (χ1v) is 7.42. The van der Waals surface area contributed by atoms with E-state index in [1.807, 2.05) is 32.0 Å². The molecule has 120 valence electrons. The van der Waals surface area contributed by atoms with Crippen molar-refractivity contribution in [2.75, 3.05) is 0 Å². The maximum atomic E-state index is 12.1. The topological polar surface area (TPSA) is 69.4 Å². The molecule has 24 heavy (non-hydrogen) atoms. The van der Waals surface area contributed by atoms with Crippen LogP contribution in [0.25, 0.3) is 11.8 Å². The van der Waals surface area contributed by atoms with Gasteiger partial charge in [0.15, 0.2) is 0 Å². The number of cyclic esters (lactones) is 1. The summed E-state index contributed by atoms with van der Waals surface area (Å²) in [5.74, 6) is 0.0917. The van der Waals surface area contributed by atoms with Crippen molar-refractivity contribution in [1.82, 2.24) is 0 Å². The van der Waals surface area contributed by atoms with Gasteiger partial charge in [0, 0.05) is 17.7 Å². The molecule has 2 aromatic rings. The summed E-state index contributed by atoms with van der Waals surface area (Å²) in [6.45, 7) is 3.97. The number of benzene rings is 2. The Bertz CT molecular complexity index is 892. The van der Waals surface area contributed by atoms with E-state index in [1.165, 1.54) is 12.1 Å². The van der Waals surface area contributed by atoms with Crippen molar-refractivity contribution in [3.8, 4) is 0 Å². The average Bonchev–Trinajstić information content (AvgIpc) is 2.88. The molecule has 5 heteroatoms. The highest BCUT2D eigenvalue weighted by atomic mass is 16.6. The van der Waals surface area contributed by atoms with Gasteiger partial charge in [0.1, 0.15) is 5.76 Å². The number of esters is 1. The summed E-state index contributed by atoms with van der Waals surface area (Å²) in [5, 5.41) is 10.7. The molecule has 0 bridgehead atoms. The average molecular weight is 321 g/mol. The maximum Gasteiger partial charge on any atom is 0.343 e. The number of non-ortho nitro benzene ring substituents is 1. The van der Waals surface area contributed by atoms with Crippen molar-refractivity contribution in [2.24, 2.45) is 0 Å². The Kier molecular flexibility index (Phi) is 4.00. The highest BCUT2D eigenvalue weighted by Crippen LogP contribution is 2.30. The SMILES string of the molecule is Cc1ccc(C2=CC(=Cc3ccc([N+](=O)[O-])cc3)C(=O)O2)c(C)c1. The molecule has 0 unspecified atom stereocenters. The van der Waals surface area contributed by atoms with Crippen molar-refractivity contribution >= 4 is 23.5 Å². The number of carbonyl (C=O) groups excluding carboxylic acids is 1. The Morgan fingerprint density at radius 1 is 1.08 bits per heavy atom. The largest absolute Gasteiger partial charge is 0.422 e. The van der Waals surface area contributed by atoms with Crippen molar-refractivity contribution in [3.05, 3.63) is 86.5 Å². The van der Waals surface area contributed by atoms with Crippen LogP contribution < -0.4 is 0 Å². The molecular weight excluding hydrogens is 306 g/mol. The van der Waals surface area contributed by atoms with E-state index < -0.39 is 10.9 Å². The molecule has 1 aliphatic rings. The molecule has 2 aromatic carbocycles. The Morgan fingerprint density at radius 3 is 2.42 bits per heavy atom. The molecule has 3 rings (SSSR count). The van der Waals surface area contributed by atoms with Gasteiger partial charge in [-0.05, 0) is 49.3 Å². The van der Waals surface area contributed by atoms with E-state index in [1.54, 1.807) is 24.3 Å². The fourth-order valence-electron chi connectivity index (χ4n) is 2.58. The molecule has 0 spiro atoms. The Hall–Kier alpha value is -3.21. The normalized spacial score (nSPS) is 15.3. The van der Waals surface area contributed by atoms with Crippen LogP contribution in [0.1, 0.15) is 22.3 Å². The van der Waals surface area contributed by atoms with Crippen molar-refractivity contribution in [1.29, 1.82) is 0 Å². The van der Waals surface area contributed by atoms with E-state index in [2.05, 4.69) is 0 Å². The number of rotatable bonds is 3. The first-order valence-electron chi connectivity index (χ1n) is 7.42. The van der Waals surface area contributed by atoms with E-state index >= 15 is 0 Å². The molecule has 5 nitrogen and oxygen atoms in total. The zero-order valence-electron chi connectivity index (χ0n) is 13.3. The van der Waals surface area contributed by atoms with Gasteiger partial charge in [-0.25, -0.2) is 4.79 Å². The van der Waals surface area contributed by atoms with Crippen LogP contribution in [0.5, 0.6) is 0 Å². The number of hydrogen-bond donors (Lipinski definition) is 0. The van der Waals surface area contributed by atoms with E-state index in [9.17, 15) is 14.9 Å². The molecule has 0 amide bonds. The highest BCUT2D eigenvalue weighted by molar-refractivity contribution is 6.05. The van der Waals surface area contributed by atoms with Crippen LogP contribution >= 0.6 is 0 Å². The van der Waals surface area contributed by atoms with Crippen LogP contribution in [0.4, 0.5) is 5.69 Å². The second-order valence-corrected chi connectivity index (χ2v) is 5.66.